The minimum Gasteiger partial charge on any atom is -0.329 e. The lowest BCUT2D eigenvalue weighted by molar-refractivity contribution is 0.582. The second-order valence-corrected chi connectivity index (χ2v) is 4.58. The van der Waals surface area contributed by atoms with E-state index in [1.807, 2.05) is 13.0 Å². The molecule has 0 heterocycles. The standard InChI is InChI=1S/C18H20N2/c1-2-3-13-20-18(14-19)17-11-9-16(10-12-17)15-7-5-4-6-8-15/h4-12,18,20H,13-14,19H2,1H3. The quantitative estimate of drug-likeness (QED) is 0.815. The van der Waals surface area contributed by atoms with E-state index in [9.17, 15) is 0 Å². The molecule has 2 aromatic rings. The predicted molar refractivity (Wildman–Crippen MR) is 85.1 cm³/mol. The van der Waals surface area contributed by atoms with Crippen molar-refractivity contribution < 1.29 is 0 Å². The Bertz CT molecular complexity index is 576. The molecule has 0 fully saturated rings. The van der Waals surface area contributed by atoms with Gasteiger partial charge in [-0.15, -0.1) is 5.92 Å². The highest BCUT2D eigenvalue weighted by atomic mass is 14.9. The maximum atomic E-state index is 5.83. The van der Waals surface area contributed by atoms with Crippen LogP contribution in [-0.2, 0) is 0 Å². The van der Waals surface area contributed by atoms with E-state index in [4.69, 9.17) is 5.73 Å². The molecular weight excluding hydrogens is 244 g/mol. The molecule has 3 N–H and O–H groups in total. The molecule has 1 unspecified atom stereocenters. The summed E-state index contributed by atoms with van der Waals surface area (Å²) >= 11 is 0. The Hall–Kier alpha value is -2.08. The normalized spacial score (nSPS) is 11.5. The van der Waals surface area contributed by atoms with Gasteiger partial charge in [0.2, 0.25) is 0 Å². The van der Waals surface area contributed by atoms with E-state index in [0.717, 1.165) is 0 Å². The van der Waals surface area contributed by atoms with Gasteiger partial charge in [0.1, 0.15) is 0 Å². The third-order valence-corrected chi connectivity index (χ3v) is 3.27. The maximum Gasteiger partial charge on any atom is 0.0581 e. The van der Waals surface area contributed by atoms with Gasteiger partial charge in [0.25, 0.3) is 0 Å². The van der Waals surface area contributed by atoms with E-state index in [0.29, 0.717) is 13.1 Å². The summed E-state index contributed by atoms with van der Waals surface area (Å²) in [6.07, 6.45) is 0. The highest BCUT2D eigenvalue weighted by Gasteiger charge is 2.08. The molecule has 0 aliphatic heterocycles. The number of rotatable bonds is 5. The first kappa shape index (κ1) is 14.3. The Balaban J connectivity index is 2.11. The molecule has 0 aliphatic rings. The Morgan fingerprint density at radius 1 is 1.00 bits per heavy atom. The summed E-state index contributed by atoms with van der Waals surface area (Å²) in [4.78, 5) is 0. The Morgan fingerprint density at radius 2 is 1.65 bits per heavy atom. The van der Waals surface area contributed by atoms with Crippen LogP contribution in [0.2, 0.25) is 0 Å². The summed E-state index contributed by atoms with van der Waals surface area (Å²) in [6, 6.07) is 19.1. The Labute approximate surface area is 121 Å². The maximum absolute atomic E-state index is 5.83. The van der Waals surface area contributed by atoms with Crippen LogP contribution in [-0.4, -0.2) is 13.1 Å². The third-order valence-electron chi connectivity index (χ3n) is 3.27. The molecule has 0 bridgehead atoms. The second kappa shape index (κ2) is 7.49. The van der Waals surface area contributed by atoms with E-state index in [2.05, 4.69) is 65.7 Å². The molecule has 2 aromatic carbocycles. The number of hydrogen-bond donors (Lipinski definition) is 2. The first-order valence-corrected chi connectivity index (χ1v) is 6.83. The molecule has 20 heavy (non-hydrogen) atoms. The SMILES string of the molecule is CC#CCNC(CN)c1ccc(-c2ccccc2)cc1. The van der Waals surface area contributed by atoms with Gasteiger partial charge in [-0.2, -0.15) is 0 Å². The summed E-state index contributed by atoms with van der Waals surface area (Å²) in [7, 11) is 0. The molecule has 0 saturated carbocycles. The molecule has 2 nitrogen and oxygen atoms in total. The molecule has 102 valence electrons. The van der Waals surface area contributed by atoms with Crippen molar-refractivity contribution in [2.24, 2.45) is 5.73 Å². The first-order valence-electron chi connectivity index (χ1n) is 6.83. The van der Waals surface area contributed by atoms with Crippen LogP contribution in [0.25, 0.3) is 11.1 Å². The molecular formula is C18H20N2. The fourth-order valence-electron chi connectivity index (χ4n) is 2.14. The Kier molecular flexibility index (Phi) is 5.37. The average molecular weight is 264 g/mol. The molecule has 2 heteroatoms. The van der Waals surface area contributed by atoms with Crippen molar-refractivity contribution >= 4 is 0 Å². The minimum absolute atomic E-state index is 0.153. The van der Waals surface area contributed by atoms with Gasteiger partial charge < -0.3 is 5.73 Å². The zero-order valence-electron chi connectivity index (χ0n) is 11.8. The number of benzene rings is 2. The van der Waals surface area contributed by atoms with Gasteiger partial charge in [-0.25, -0.2) is 0 Å². The third kappa shape index (κ3) is 3.71. The van der Waals surface area contributed by atoms with Gasteiger partial charge >= 0.3 is 0 Å². The molecule has 0 spiro atoms. The highest BCUT2D eigenvalue weighted by molar-refractivity contribution is 5.63. The molecule has 0 aromatic heterocycles. The monoisotopic (exact) mass is 264 g/mol. The molecule has 2 rings (SSSR count). The summed E-state index contributed by atoms with van der Waals surface area (Å²) in [5, 5.41) is 3.35. The van der Waals surface area contributed by atoms with Gasteiger partial charge in [0.05, 0.1) is 6.54 Å². The minimum atomic E-state index is 0.153. The van der Waals surface area contributed by atoms with Gasteiger partial charge in [0, 0.05) is 12.6 Å². The molecule has 0 amide bonds. The van der Waals surface area contributed by atoms with Gasteiger partial charge in [-0.05, 0) is 23.6 Å². The topological polar surface area (TPSA) is 38.0 Å². The molecule has 1 atom stereocenters. The zero-order chi connectivity index (χ0) is 14.2. The predicted octanol–water partition coefficient (Wildman–Crippen LogP) is 2.97. The largest absolute Gasteiger partial charge is 0.329 e. The Morgan fingerprint density at radius 3 is 2.25 bits per heavy atom. The lowest BCUT2D eigenvalue weighted by Gasteiger charge is -2.16. The van der Waals surface area contributed by atoms with Crippen molar-refractivity contribution in [3.63, 3.8) is 0 Å². The van der Waals surface area contributed by atoms with Crippen LogP contribution in [0, 0.1) is 11.8 Å². The van der Waals surface area contributed by atoms with Crippen molar-refractivity contribution in [2.45, 2.75) is 13.0 Å². The van der Waals surface area contributed by atoms with Crippen molar-refractivity contribution in [1.82, 2.24) is 5.32 Å². The van der Waals surface area contributed by atoms with Crippen molar-refractivity contribution in [2.75, 3.05) is 13.1 Å². The zero-order valence-corrected chi connectivity index (χ0v) is 11.8. The number of hydrogen-bond acceptors (Lipinski definition) is 2. The summed E-state index contributed by atoms with van der Waals surface area (Å²) < 4.78 is 0. The van der Waals surface area contributed by atoms with Crippen molar-refractivity contribution in [1.29, 1.82) is 0 Å². The van der Waals surface area contributed by atoms with Crippen molar-refractivity contribution in [3.8, 4) is 23.0 Å². The fraction of sp³-hybridized carbons (Fsp3) is 0.222. The van der Waals surface area contributed by atoms with Crippen LogP contribution < -0.4 is 11.1 Å². The molecule has 0 radical (unpaired) electrons. The van der Waals surface area contributed by atoms with Crippen LogP contribution in [0.4, 0.5) is 0 Å². The second-order valence-electron chi connectivity index (χ2n) is 4.58. The average Bonchev–Trinajstić information content (AvgIpc) is 2.53. The van der Waals surface area contributed by atoms with E-state index in [1.165, 1.54) is 16.7 Å². The van der Waals surface area contributed by atoms with E-state index in [1.54, 1.807) is 0 Å². The van der Waals surface area contributed by atoms with Crippen LogP contribution in [0.1, 0.15) is 18.5 Å². The van der Waals surface area contributed by atoms with E-state index in [-0.39, 0.29) is 6.04 Å². The smallest absolute Gasteiger partial charge is 0.0581 e. The van der Waals surface area contributed by atoms with Crippen LogP contribution >= 0.6 is 0 Å². The fourth-order valence-corrected chi connectivity index (χ4v) is 2.14. The molecule has 0 aliphatic carbocycles. The summed E-state index contributed by atoms with van der Waals surface area (Å²) in [5.74, 6) is 5.88. The first-order chi connectivity index (χ1) is 9.85. The van der Waals surface area contributed by atoms with Gasteiger partial charge in [-0.3, -0.25) is 5.32 Å². The lowest BCUT2D eigenvalue weighted by Crippen LogP contribution is -2.28. The van der Waals surface area contributed by atoms with Crippen molar-refractivity contribution in [3.05, 3.63) is 60.2 Å². The van der Waals surface area contributed by atoms with E-state index >= 15 is 0 Å². The van der Waals surface area contributed by atoms with E-state index < -0.39 is 0 Å². The van der Waals surface area contributed by atoms with Crippen LogP contribution in [0.5, 0.6) is 0 Å². The van der Waals surface area contributed by atoms with Gasteiger partial charge in [-0.1, -0.05) is 60.5 Å². The number of nitrogens with one attached hydrogen (secondary N) is 1. The summed E-state index contributed by atoms with van der Waals surface area (Å²) in [5.41, 5.74) is 9.48. The van der Waals surface area contributed by atoms with Crippen LogP contribution in [0.15, 0.2) is 54.6 Å². The summed E-state index contributed by atoms with van der Waals surface area (Å²) in [6.45, 7) is 3.07. The molecule has 0 saturated heterocycles. The van der Waals surface area contributed by atoms with Crippen LogP contribution in [0.3, 0.4) is 0 Å². The highest BCUT2D eigenvalue weighted by Crippen LogP contribution is 2.21. The lowest BCUT2D eigenvalue weighted by atomic mass is 10.0. The van der Waals surface area contributed by atoms with Gasteiger partial charge in [0.15, 0.2) is 0 Å². The number of nitrogens with two attached hydrogens (primary N) is 1.